The molecule has 0 aliphatic rings. The average molecular weight is 199 g/mol. The molecule has 0 saturated carbocycles. The maximum atomic E-state index is 6.06. The Morgan fingerprint density at radius 3 is 2.62 bits per heavy atom. The van der Waals surface area contributed by atoms with E-state index < -0.39 is 0 Å². The summed E-state index contributed by atoms with van der Waals surface area (Å²) < 4.78 is 0. The molecule has 0 heterocycles. The first kappa shape index (κ1) is 10.4. The zero-order valence-electron chi connectivity index (χ0n) is 8.19. The molecule has 3 heteroatoms. The monoisotopic (exact) mass is 198 g/mol. The lowest BCUT2D eigenvalue weighted by atomic mass is 10.0. The van der Waals surface area contributed by atoms with E-state index >= 15 is 0 Å². The number of rotatable bonds is 2. The Bertz CT molecular complexity index is 310. The van der Waals surface area contributed by atoms with Crippen molar-refractivity contribution < 1.29 is 0 Å². The van der Waals surface area contributed by atoms with Crippen LogP contribution in [-0.2, 0) is 0 Å². The summed E-state index contributed by atoms with van der Waals surface area (Å²) in [5.74, 6) is 0. The smallest absolute Gasteiger partial charge is 0.0474 e. The molecular formula is C10H15ClN2. The molecule has 1 aromatic carbocycles. The lowest BCUT2D eigenvalue weighted by molar-refractivity contribution is 0.652. The van der Waals surface area contributed by atoms with Gasteiger partial charge in [-0.2, -0.15) is 0 Å². The minimum atomic E-state index is 0.256. The van der Waals surface area contributed by atoms with Crippen LogP contribution in [0.5, 0.6) is 0 Å². The number of halogens is 1. The Labute approximate surface area is 84.1 Å². The molecule has 2 nitrogen and oxygen atoms in total. The second-order valence-corrected chi connectivity index (χ2v) is 3.65. The summed E-state index contributed by atoms with van der Waals surface area (Å²) >= 11 is 6.06. The van der Waals surface area contributed by atoms with Crippen molar-refractivity contribution in [1.29, 1.82) is 0 Å². The number of nitrogens with two attached hydrogens (primary N) is 1. The van der Waals surface area contributed by atoms with E-state index in [0.29, 0.717) is 0 Å². The average Bonchev–Trinajstić information content (AvgIpc) is 2.10. The summed E-state index contributed by atoms with van der Waals surface area (Å²) in [6.07, 6.45) is 0. The number of aryl methyl sites for hydroxylation is 1. The Morgan fingerprint density at radius 1 is 1.46 bits per heavy atom. The third-order valence-corrected chi connectivity index (χ3v) is 2.61. The molecule has 0 spiro atoms. The first-order chi connectivity index (χ1) is 6.06. The molecule has 0 amide bonds. The van der Waals surface area contributed by atoms with Crippen LogP contribution in [0.15, 0.2) is 12.1 Å². The van der Waals surface area contributed by atoms with Crippen LogP contribution in [0.3, 0.4) is 0 Å². The van der Waals surface area contributed by atoms with Crippen molar-refractivity contribution in [1.82, 2.24) is 5.32 Å². The number of benzene rings is 1. The SMILES string of the molecule is CN[C@H](C)c1cc(C)c(N)cc1Cl. The second-order valence-electron chi connectivity index (χ2n) is 3.24. The number of hydrogen-bond donors (Lipinski definition) is 2. The van der Waals surface area contributed by atoms with Crippen molar-refractivity contribution in [2.24, 2.45) is 0 Å². The van der Waals surface area contributed by atoms with Crippen LogP contribution in [0.2, 0.25) is 5.02 Å². The van der Waals surface area contributed by atoms with Gasteiger partial charge in [0.05, 0.1) is 0 Å². The normalized spacial score (nSPS) is 12.9. The third kappa shape index (κ3) is 2.14. The minimum absolute atomic E-state index is 0.256. The number of hydrogen-bond acceptors (Lipinski definition) is 2. The summed E-state index contributed by atoms with van der Waals surface area (Å²) in [6, 6.07) is 4.09. The van der Waals surface area contributed by atoms with Crippen molar-refractivity contribution in [2.45, 2.75) is 19.9 Å². The number of nitrogens with one attached hydrogen (secondary N) is 1. The van der Waals surface area contributed by atoms with E-state index in [1.54, 1.807) is 6.07 Å². The van der Waals surface area contributed by atoms with E-state index in [2.05, 4.69) is 12.2 Å². The second kappa shape index (κ2) is 3.99. The molecule has 1 rings (SSSR count). The van der Waals surface area contributed by atoms with Gasteiger partial charge in [-0.3, -0.25) is 0 Å². The molecule has 0 aromatic heterocycles. The minimum Gasteiger partial charge on any atom is -0.398 e. The van der Waals surface area contributed by atoms with Gasteiger partial charge in [-0.15, -0.1) is 0 Å². The van der Waals surface area contributed by atoms with Crippen molar-refractivity contribution in [3.8, 4) is 0 Å². The van der Waals surface area contributed by atoms with Crippen LogP contribution in [0, 0.1) is 6.92 Å². The molecule has 3 N–H and O–H groups in total. The van der Waals surface area contributed by atoms with E-state index in [1.165, 1.54) is 0 Å². The number of nitrogen functional groups attached to an aromatic ring is 1. The van der Waals surface area contributed by atoms with Crippen LogP contribution in [0.25, 0.3) is 0 Å². The quantitative estimate of drug-likeness (QED) is 0.717. The zero-order chi connectivity index (χ0) is 10.0. The van der Waals surface area contributed by atoms with E-state index in [9.17, 15) is 0 Å². The molecule has 0 radical (unpaired) electrons. The summed E-state index contributed by atoms with van der Waals surface area (Å²) in [7, 11) is 1.91. The standard InChI is InChI=1S/C10H15ClN2/c1-6-4-8(7(2)13-3)9(11)5-10(6)12/h4-5,7,13H,12H2,1-3H3/t7-/m1/s1. The van der Waals surface area contributed by atoms with Gasteiger partial charge in [0.15, 0.2) is 0 Å². The van der Waals surface area contributed by atoms with Crippen molar-refractivity contribution in [3.05, 3.63) is 28.3 Å². The number of anilines is 1. The third-order valence-electron chi connectivity index (χ3n) is 2.28. The molecule has 0 unspecified atom stereocenters. The van der Waals surface area contributed by atoms with E-state index in [0.717, 1.165) is 21.8 Å². The Morgan fingerprint density at radius 2 is 2.08 bits per heavy atom. The highest BCUT2D eigenvalue weighted by atomic mass is 35.5. The predicted octanol–water partition coefficient (Wildman–Crippen LogP) is 2.51. The first-order valence-corrected chi connectivity index (χ1v) is 4.67. The van der Waals surface area contributed by atoms with Gasteiger partial charge in [0.1, 0.15) is 0 Å². The summed E-state index contributed by atoms with van der Waals surface area (Å²) in [5.41, 5.74) is 8.64. The van der Waals surface area contributed by atoms with E-state index in [1.807, 2.05) is 20.0 Å². The van der Waals surface area contributed by atoms with Gasteiger partial charge in [-0.25, -0.2) is 0 Å². The first-order valence-electron chi connectivity index (χ1n) is 4.29. The fourth-order valence-corrected chi connectivity index (χ4v) is 1.54. The van der Waals surface area contributed by atoms with E-state index in [-0.39, 0.29) is 6.04 Å². The van der Waals surface area contributed by atoms with Gasteiger partial charge in [0, 0.05) is 16.8 Å². The topological polar surface area (TPSA) is 38.0 Å². The van der Waals surface area contributed by atoms with Crippen molar-refractivity contribution >= 4 is 17.3 Å². The van der Waals surface area contributed by atoms with Gasteiger partial charge in [0.2, 0.25) is 0 Å². The van der Waals surface area contributed by atoms with Gasteiger partial charge in [-0.05, 0) is 38.1 Å². The molecule has 13 heavy (non-hydrogen) atoms. The van der Waals surface area contributed by atoms with Gasteiger partial charge >= 0.3 is 0 Å². The lowest BCUT2D eigenvalue weighted by Gasteiger charge is -2.14. The highest BCUT2D eigenvalue weighted by Gasteiger charge is 2.09. The highest BCUT2D eigenvalue weighted by Crippen LogP contribution is 2.27. The Kier molecular flexibility index (Phi) is 3.17. The highest BCUT2D eigenvalue weighted by molar-refractivity contribution is 6.31. The molecule has 1 aromatic rings. The van der Waals surface area contributed by atoms with Crippen LogP contribution in [0.1, 0.15) is 24.1 Å². The fraction of sp³-hybridized carbons (Fsp3) is 0.400. The van der Waals surface area contributed by atoms with Gasteiger partial charge in [0.25, 0.3) is 0 Å². The fourth-order valence-electron chi connectivity index (χ4n) is 1.21. The maximum absolute atomic E-state index is 6.06. The molecule has 0 fully saturated rings. The molecule has 72 valence electrons. The summed E-state index contributed by atoms with van der Waals surface area (Å²) in [6.45, 7) is 4.05. The maximum Gasteiger partial charge on any atom is 0.0474 e. The molecule has 0 saturated heterocycles. The molecule has 0 bridgehead atoms. The largest absolute Gasteiger partial charge is 0.398 e. The molecule has 1 atom stereocenters. The van der Waals surface area contributed by atoms with Crippen LogP contribution >= 0.6 is 11.6 Å². The molecular weight excluding hydrogens is 184 g/mol. The summed E-state index contributed by atoms with van der Waals surface area (Å²) in [5, 5.41) is 3.87. The van der Waals surface area contributed by atoms with Crippen LogP contribution < -0.4 is 11.1 Å². The molecule has 0 aliphatic carbocycles. The van der Waals surface area contributed by atoms with Crippen molar-refractivity contribution in [3.63, 3.8) is 0 Å². The van der Waals surface area contributed by atoms with Gasteiger partial charge < -0.3 is 11.1 Å². The van der Waals surface area contributed by atoms with Crippen LogP contribution in [0.4, 0.5) is 5.69 Å². The molecule has 0 aliphatic heterocycles. The Hall–Kier alpha value is -0.730. The van der Waals surface area contributed by atoms with Gasteiger partial charge in [-0.1, -0.05) is 17.7 Å². The zero-order valence-corrected chi connectivity index (χ0v) is 8.94. The van der Waals surface area contributed by atoms with E-state index in [4.69, 9.17) is 17.3 Å². The lowest BCUT2D eigenvalue weighted by Crippen LogP contribution is -2.13. The Balaban J connectivity index is 3.15. The summed E-state index contributed by atoms with van der Waals surface area (Å²) in [4.78, 5) is 0. The predicted molar refractivity (Wildman–Crippen MR) is 58.1 cm³/mol. The van der Waals surface area contributed by atoms with Crippen molar-refractivity contribution in [2.75, 3.05) is 12.8 Å². The van der Waals surface area contributed by atoms with Crippen LogP contribution in [-0.4, -0.2) is 7.05 Å².